The highest BCUT2D eigenvalue weighted by atomic mass is 15.2. The molecule has 0 spiro atoms. The average molecular weight is 356 g/mol. The summed E-state index contributed by atoms with van der Waals surface area (Å²) in [6.45, 7) is 10.2. The summed E-state index contributed by atoms with van der Waals surface area (Å²) >= 11 is 0. The Kier molecular flexibility index (Phi) is 6.50. The van der Waals surface area contributed by atoms with E-state index in [1.807, 2.05) is 0 Å². The molecule has 0 atom stereocenters. The molecule has 0 amide bonds. The van der Waals surface area contributed by atoms with Crippen molar-refractivity contribution in [3.8, 4) is 0 Å². The van der Waals surface area contributed by atoms with Crippen LogP contribution in [0.15, 0.2) is 24.3 Å². The van der Waals surface area contributed by atoms with Crippen molar-refractivity contribution in [3.05, 3.63) is 29.8 Å². The van der Waals surface area contributed by atoms with E-state index in [0.717, 1.165) is 12.5 Å². The summed E-state index contributed by atoms with van der Waals surface area (Å²) in [5.41, 5.74) is 2.92. The van der Waals surface area contributed by atoms with Gasteiger partial charge in [-0.15, -0.1) is 0 Å². The molecule has 3 fully saturated rings. The number of hydrogen-bond donors (Lipinski definition) is 0. The SMILES string of the molecule is c1cc(N2CCC(CN3CCCCC3)CC2)ccc1CN1CCCCC1. The zero-order chi connectivity index (χ0) is 17.6. The van der Waals surface area contributed by atoms with Crippen molar-refractivity contribution in [1.29, 1.82) is 0 Å². The number of likely N-dealkylation sites (tertiary alicyclic amines) is 2. The number of nitrogens with zero attached hydrogens (tertiary/aromatic N) is 3. The lowest BCUT2D eigenvalue weighted by molar-refractivity contribution is 0.181. The Morgan fingerprint density at radius 3 is 1.85 bits per heavy atom. The predicted molar refractivity (Wildman–Crippen MR) is 111 cm³/mol. The van der Waals surface area contributed by atoms with Gasteiger partial charge in [-0.25, -0.2) is 0 Å². The molecule has 4 rings (SSSR count). The molecular formula is C23H37N3. The van der Waals surface area contributed by atoms with E-state index in [4.69, 9.17) is 0 Å². The third-order valence-corrected chi connectivity index (χ3v) is 6.74. The zero-order valence-electron chi connectivity index (χ0n) is 16.5. The lowest BCUT2D eigenvalue weighted by Gasteiger charge is -2.37. The van der Waals surface area contributed by atoms with Gasteiger partial charge in [-0.1, -0.05) is 25.0 Å². The Morgan fingerprint density at radius 1 is 0.654 bits per heavy atom. The predicted octanol–water partition coefficient (Wildman–Crippen LogP) is 4.37. The van der Waals surface area contributed by atoms with E-state index in [0.29, 0.717) is 0 Å². The minimum atomic E-state index is 0.919. The molecular weight excluding hydrogens is 318 g/mol. The highest BCUT2D eigenvalue weighted by Gasteiger charge is 2.22. The Balaban J connectivity index is 1.23. The summed E-state index contributed by atoms with van der Waals surface area (Å²) in [5.74, 6) is 0.919. The Morgan fingerprint density at radius 2 is 1.23 bits per heavy atom. The summed E-state index contributed by atoms with van der Waals surface area (Å²) in [6.07, 6.45) is 11.2. The Labute approximate surface area is 160 Å². The maximum atomic E-state index is 2.72. The fraction of sp³-hybridized carbons (Fsp3) is 0.739. The highest BCUT2D eigenvalue weighted by Crippen LogP contribution is 2.25. The van der Waals surface area contributed by atoms with Gasteiger partial charge in [0.05, 0.1) is 0 Å². The van der Waals surface area contributed by atoms with E-state index in [9.17, 15) is 0 Å². The van der Waals surface area contributed by atoms with Crippen LogP contribution in [-0.2, 0) is 6.54 Å². The maximum absolute atomic E-state index is 2.72. The van der Waals surface area contributed by atoms with Gasteiger partial charge in [-0.05, 0) is 88.3 Å². The van der Waals surface area contributed by atoms with Gasteiger partial charge in [-0.3, -0.25) is 4.90 Å². The van der Waals surface area contributed by atoms with E-state index in [1.165, 1.54) is 108 Å². The lowest BCUT2D eigenvalue weighted by atomic mass is 9.95. The van der Waals surface area contributed by atoms with Crippen LogP contribution < -0.4 is 4.90 Å². The first-order valence-electron chi connectivity index (χ1n) is 11.2. The minimum absolute atomic E-state index is 0.919. The summed E-state index contributed by atoms with van der Waals surface area (Å²) in [7, 11) is 0. The van der Waals surface area contributed by atoms with Crippen LogP contribution in [0.3, 0.4) is 0 Å². The molecule has 144 valence electrons. The van der Waals surface area contributed by atoms with Crippen molar-refractivity contribution in [1.82, 2.24) is 9.80 Å². The molecule has 0 unspecified atom stereocenters. The number of piperidine rings is 3. The van der Waals surface area contributed by atoms with Gasteiger partial charge in [0.2, 0.25) is 0 Å². The largest absolute Gasteiger partial charge is 0.372 e. The van der Waals surface area contributed by atoms with Crippen LogP contribution in [-0.4, -0.2) is 55.6 Å². The topological polar surface area (TPSA) is 9.72 Å². The van der Waals surface area contributed by atoms with Crippen LogP contribution in [0.2, 0.25) is 0 Å². The molecule has 3 saturated heterocycles. The standard InChI is InChI=1S/C23H37N3/c1-3-13-24(14-4-1)19-21-7-9-23(10-8-21)26-17-11-22(12-18-26)20-25-15-5-2-6-16-25/h7-10,22H,1-6,11-20H2. The third kappa shape index (κ3) is 5.01. The van der Waals surface area contributed by atoms with Crippen LogP contribution in [0.1, 0.15) is 56.9 Å². The molecule has 0 aromatic heterocycles. The fourth-order valence-electron chi connectivity index (χ4n) is 5.07. The first-order chi connectivity index (χ1) is 12.9. The molecule has 3 heteroatoms. The first kappa shape index (κ1) is 18.3. The fourth-order valence-corrected chi connectivity index (χ4v) is 5.07. The molecule has 1 aromatic carbocycles. The van der Waals surface area contributed by atoms with E-state index >= 15 is 0 Å². The van der Waals surface area contributed by atoms with Gasteiger partial charge in [0.15, 0.2) is 0 Å². The zero-order valence-corrected chi connectivity index (χ0v) is 16.5. The lowest BCUT2D eigenvalue weighted by Crippen LogP contribution is -2.40. The molecule has 1 aromatic rings. The molecule has 3 aliphatic rings. The molecule has 0 bridgehead atoms. The Bertz CT molecular complexity index is 521. The van der Waals surface area contributed by atoms with Gasteiger partial charge >= 0.3 is 0 Å². The van der Waals surface area contributed by atoms with Crippen molar-refractivity contribution >= 4 is 5.69 Å². The second-order valence-electron chi connectivity index (χ2n) is 8.79. The third-order valence-electron chi connectivity index (χ3n) is 6.74. The first-order valence-corrected chi connectivity index (χ1v) is 11.2. The van der Waals surface area contributed by atoms with Crippen LogP contribution in [0.5, 0.6) is 0 Å². The molecule has 0 N–H and O–H groups in total. The van der Waals surface area contributed by atoms with Crippen molar-refractivity contribution in [3.63, 3.8) is 0 Å². The quantitative estimate of drug-likeness (QED) is 0.776. The molecule has 3 aliphatic heterocycles. The van der Waals surface area contributed by atoms with Gasteiger partial charge in [0.1, 0.15) is 0 Å². The van der Waals surface area contributed by atoms with Crippen molar-refractivity contribution < 1.29 is 0 Å². The monoisotopic (exact) mass is 355 g/mol. The van der Waals surface area contributed by atoms with Crippen LogP contribution in [0, 0.1) is 5.92 Å². The highest BCUT2D eigenvalue weighted by molar-refractivity contribution is 5.48. The van der Waals surface area contributed by atoms with Crippen molar-refractivity contribution in [2.45, 2.75) is 57.9 Å². The smallest absolute Gasteiger partial charge is 0.0366 e. The summed E-state index contributed by atoms with van der Waals surface area (Å²) in [4.78, 5) is 7.95. The van der Waals surface area contributed by atoms with Crippen LogP contribution in [0.25, 0.3) is 0 Å². The molecule has 0 saturated carbocycles. The molecule has 0 aliphatic carbocycles. The van der Waals surface area contributed by atoms with Crippen molar-refractivity contribution in [2.75, 3.05) is 50.7 Å². The summed E-state index contributed by atoms with van der Waals surface area (Å²) in [6, 6.07) is 9.46. The number of anilines is 1. The van der Waals surface area contributed by atoms with Gasteiger partial charge in [0, 0.05) is 31.9 Å². The molecule has 3 heterocycles. The van der Waals surface area contributed by atoms with Gasteiger partial charge < -0.3 is 9.80 Å². The molecule has 26 heavy (non-hydrogen) atoms. The van der Waals surface area contributed by atoms with Gasteiger partial charge in [0.25, 0.3) is 0 Å². The molecule has 3 nitrogen and oxygen atoms in total. The average Bonchev–Trinajstić information content (AvgIpc) is 2.71. The van der Waals surface area contributed by atoms with Gasteiger partial charge in [-0.2, -0.15) is 0 Å². The number of benzene rings is 1. The van der Waals surface area contributed by atoms with Crippen LogP contribution in [0.4, 0.5) is 5.69 Å². The Hall–Kier alpha value is -1.06. The minimum Gasteiger partial charge on any atom is -0.372 e. The normalized spacial score (nSPS) is 24.1. The molecule has 0 radical (unpaired) electrons. The van der Waals surface area contributed by atoms with Crippen molar-refractivity contribution in [2.24, 2.45) is 5.92 Å². The maximum Gasteiger partial charge on any atom is 0.0366 e. The van der Waals surface area contributed by atoms with E-state index in [-0.39, 0.29) is 0 Å². The second kappa shape index (κ2) is 9.23. The second-order valence-corrected chi connectivity index (χ2v) is 8.79. The van der Waals surface area contributed by atoms with E-state index in [2.05, 4.69) is 39.0 Å². The van der Waals surface area contributed by atoms with E-state index < -0.39 is 0 Å². The van der Waals surface area contributed by atoms with Crippen LogP contribution >= 0.6 is 0 Å². The number of hydrogen-bond acceptors (Lipinski definition) is 3. The summed E-state index contributed by atoms with van der Waals surface area (Å²) in [5, 5.41) is 0. The number of rotatable bonds is 5. The van der Waals surface area contributed by atoms with E-state index in [1.54, 1.807) is 0 Å². The summed E-state index contributed by atoms with van der Waals surface area (Å²) < 4.78 is 0.